The molecule has 0 radical (unpaired) electrons. The molecule has 36 heavy (non-hydrogen) atoms. The molecule has 4 nitrogen and oxygen atoms in total. The first-order chi connectivity index (χ1) is 17.7. The third-order valence-electron chi connectivity index (χ3n) is 8.20. The molecule has 182 valence electrons. The molecule has 1 aromatic heterocycles. The van der Waals surface area contributed by atoms with Gasteiger partial charge in [-0.25, -0.2) is 0 Å². The van der Waals surface area contributed by atoms with Gasteiger partial charge in [0.2, 0.25) is 0 Å². The third kappa shape index (κ3) is 3.57. The number of nitrogens with one attached hydrogen (secondary N) is 1. The van der Waals surface area contributed by atoms with Gasteiger partial charge in [-0.15, -0.1) is 11.3 Å². The van der Waals surface area contributed by atoms with Gasteiger partial charge in [0.15, 0.2) is 0 Å². The van der Waals surface area contributed by atoms with E-state index in [0.717, 1.165) is 25.0 Å². The minimum atomic E-state index is -0.388. The van der Waals surface area contributed by atoms with Crippen LogP contribution in [0, 0.1) is 11.8 Å². The highest BCUT2D eigenvalue weighted by molar-refractivity contribution is 7.20. The summed E-state index contributed by atoms with van der Waals surface area (Å²) in [6.07, 6.45) is 17.5. The predicted molar refractivity (Wildman–Crippen MR) is 149 cm³/mol. The zero-order valence-electron chi connectivity index (χ0n) is 20.3. The predicted octanol–water partition coefficient (Wildman–Crippen LogP) is 6.34. The standard InChI is InChI=1S/C31H30N2O2S/c1-35-28-17-24(32-31(33-28)22-12-6-7-13-25(22)34)23-16-27-30(21-11-5-4-10-20(21)23)29-19-9-3-2-8-18(19)14-15-26(29)36-27/h2-6,8-12,14-16,20-22,25,28,31,33-34H,7,13,17H2,1H3. The van der Waals surface area contributed by atoms with Crippen LogP contribution in [0.2, 0.25) is 0 Å². The van der Waals surface area contributed by atoms with Crippen LogP contribution in [0.15, 0.2) is 83.4 Å². The molecule has 2 aromatic carbocycles. The molecule has 6 atom stereocenters. The molecule has 4 aliphatic rings. The molecule has 0 spiro atoms. The van der Waals surface area contributed by atoms with Crippen LogP contribution in [-0.4, -0.2) is 36.4 Å². The summed E-state index contributed by atoms with van der Waals surface area (Å²) in [4.78, 5) is 6.57. The summed E-state index contributed by atoms with van der Waals surface area (Å²) < 4.78 is 7.16. The highest BCUT2D eigenvalue weighted by Crippen LogP contribution is 2.50. The number of fused-ring (bicyclic) bond motifs is 7. The van der Waals surface area contributed by atoms with Gasteiger partial charge in [-0.2, -0.15) is 0 Å². The number of aliphatic hydroxyl groups excluding tert-OH is 1. The molecule has 3 aliphatic carbocycles. The van der Waals surface area contributed by atoms with Crippen LogP contribution in [0.5, 0.6) is 0 Å². The average molecular weight is 495 g/mol. The Hall–Kier alpha value is -2.83. The topological polar surface area (TPSA) is 53.9 Å². The van der Waals surface area contributed by atoms with E-state index >= 15 is 0 Å². The van der Waals surface area contributed by atoms with Crippen molar-refractivity contribution in [3.05, 3.63) is 88.9 Å². The minimum Gasteiger partial charge on any atom is -0.392 e. The van der Waals surface area contributed by atoms with Gasteiger partial charge in [0.25, 0.3) is 0 Å². The fraction of sp³-hybridized carbons (Fsp3) is 0.323. The Morgan fingerprint density at radius 2 is 1.92 bits per heavy atom. The Balaban J connectivity index is 1.39. The number of benzene rings is 2. The molecule has 0 fully saturated rings. The van der Waals surface area contributed by atoms with E-state index in [4.69, 9.17) is 9.73 Å². The Kier molecular flexibility index (Phi) is 5.55. The average Bonchev–Trinajstić information content (AvgIpc) is 3.32. The van der Waals surface area contributed by atoms with E-state index in [9.17, 15) is 5.11 Å². The Labute approximate surface area is 215 Å². The lowest BCUT2D eigenvalue weighted by molar-refractivity contribution is 0.0359. The van der Waals surface area contributed by atoms with Crippen molar-refractivity contribution in [1.82, 2.24) is 5.32 Å². The van der Waals surface area contributed by atoms with Gasteiger partial charge in [0, 0.05) is 52.0 Å². The van der Waals surface area contributed by atoms with Gasteiger partial charge in [-0.05, 0) is 46.9 Å². The highest BCUT2D eigenvalue weighted by atomic mass is 32.1. The number of allylic oxidation sites excluding steroid dienone is 6. The first kappa shape index (κ1) is 22.4. The summed E-state index contributed by atoms with van der Waals surface area (Å²) in [5, 5.41) is 18.3. The van der Waals surface area contributed by atoms with E-state index in [1.165, 1.54) is 36.9 Å². The molecule has 0 bridgehead atoms. The number of hydrogen-bond donors (Lipinski definition) is 2. The van der Waals surface area contributed by atoms with E-state index in [-0.39, 0.29) is 36.3 Å². The van der Waals surface area contributed by atoms with E-state index in [1.807, 2.05) is 11.3 Å². The van der Waals surface area contributed by atoms with Gasteiger partial charge >= 0.3 is 0 Å². The van der Waals surface area contributed by atoms with Gasteiger partial charge in [-0.3, -0.25) is 10.3 Å². The molecule has 0 amide bonds. The van der Waals surface area contributed by atoms with Crippen molar-refractivity contribution in [2.75, 3.05) is 7.11 Å². The van der Waals surface area contributed by atoms with Crippen molar-refractivity contribution in [2.24, 2.45) is 16.8 Å². The van der Waals surface area contributed by atoms with Crippen LogP contribution in [0.4, 0.5) is 0 Å². The second-order valence-corrected chi connectivity index (χ2v) is 11.3. The Bertz CT molecular complexity index is 1490. The smallest absolute Gasteiger partial charge is 0.114 e. The van der Waals surface area contributed by atoms with E-state index < -0.39 is 0 Å². The Morgan fingerprint density at radius 1 is 1.06 bits per heavy atom. The zero-order valence-corrected chi connectivity index (χ0v) is 21.1. The van der Waals surface area contributed by atoms with Crippen molar-refractivity contribution in [3.8, 4) is 0 Å². The molecule has 6 unspecified atom stereocenters. The first-order valence-corrected chi connectivity index (χ1v) is 13.7. The maximum Gasteiger partial charge on any atom is 0.114 e. The number of hydrogen-bond acceptors (Lipinski definition) is 5. The number of aliphatic hydroxyl groups is 1. The number of aliphatic imine (C=N–C) groups is 1. The second kappa shape index (κ2) is 8.93. The fourth-order valence-corrected chi connectivity index (χ4v) is 7.65. The molecule has 5 heteroatoms. The molecule has 1 aliphatic heterocycles. The normalized spacial score (nSPS) is 31.3. The number of ether oxygens (including phenoxy) is 1. The maximum absolute atomic E-state index is 10.7. The summed E-state index contributed by atoms with van der Waals surface area (Å²) in [6, 6.07) is 13.3. The molecule has 3 aromatic rings. The molecule has 2 heterocycles. The summed E-state index contributed by atoms with van der Waals surface area (Å²) in [6.45, 7) is 0. The molecular weight excluding hydrogens is 464 g/mol. The lowest BCUT2D eigenvalue weighted by Crippen LogP contribution is -2.51. The Morgan fingerprint density at radius 3 is 2.78 bits per heavy atom. The van der Waals surface area contributed by atoms with Gasteiger partial charge in [-0.1, -0.05) is 66.8 Å². The summed E-state index contributed by atoms with van der Waals surface area (Å²) in [5.74, 6) is 0.475. The third-order valence-corrected chi connectivity index (χ3v) is 9.32. The molecule has 0 saturated heterocycles. The number of rotatable bonds is 3. The lowest BCUT2D eigenvalue weighted by Gasteiger charge is -2.38. The lowest BCUT2D eigenvalue weighted by atomic mass is 9.72. The van der Waals surface area contributed by atoms with Crippen molar-refractivity contribution in [1.29, 1.82) is 0 Å². The van der Waals surface area contributed by atoms with Crippen LogP contribution in [0.25, 0.3) is 26.9 Å². The van der Waals surface area contributed by atoms with Crippen LogP contribution in [0.3, 0.4) is 0 Å². The fourth-order valence-electron chi connectivity index (χ4n) is 6.42. The molecule has 7 rings (SSSR count). The van der Waals surface area contributed by atoms with Gasteiger partial charge in [0.1, 0.15) is 12.4 Å². The zero-order chi connectivity index (χ0) is 24.2. The van der Waals surface area contributed by atoms with Gasteiger partial charge < -0.3 is 9.84 Å². The van der Waals surface area contributed by atoms with E-state index in [1.54, 1.807) is 7.11 Å². The molecular formula is C31H30N2O2S. The monoisotopic (exact) mass is 494 g/mol. The molecule has 2 N–H and O–H groups in total. The van der Waals surface area contributed by atoms with Crippen molar-refractivity contribution in [3.63, 3.8) is 0 Å². The second-order valence-electron chi connectivity index (χ2n) is 10.2. The largest absolute Gasteiger partial charge is 0.392 e. The van der Waals surface area contributed by atoms with E-state index in [2.05, 4.69) is 84.2 Å². The SMILES string of the molecule is COC1CC(C2=Cc3sc4ccc5ccccc5c4c3C3C=CC=CC23)=NC(C2C=CCCC2O)N1. The van der Waals surface area contributed by atoms with Crippen LogP contribution >= 0.6 is 11.3 Å². The van der Waals surface area contributed by atoms with Crippen LogP contribution < -0.4 is 5.32 Å². The summed E-state index contributed by atoms with van der Waals surface area (Å²) in [5.41, 5.74) is 3.83. The number of nitrogens with zero attached hydrogens (tertiary/aromatic N) is 1. The van der Waals surface area contributed by atoms with Gasteiger partial charge in [0.05, 0.1) is 6.10 Å². The number of methoxy groups -OCH3 is 1. The van der Waals surface area contributed by atoms with Crippen molar-refractivity contribution in [2.45, 2.75) is 43.7 Å². The van der Waals surface area contributed by atoms with Crippen LogP contribution in [-0.2, 0) is 4.74 Å². The van der Waals surface area contributed by atoms with Crippen molar-refractivity contribution < 1.29 is 9.84 Å². The highest BCUT2D eigenvalue weighted by Gasteiger charge is 2.38. The summed E-state index contributed by atoms with van der Waals surface area (Å²) >= 11 is 1.89. The van der Waals surface area contributed by atoms with E-state index in [0.29, 0.717) is 0 Å². The van der Waals surface area contributed by atoms with Crippen LogP contribution in [0.1, 0.15) is 35.6 Å². The van der Waals surface area contributed by atoms with Crippen molar-refractivity contribution >= 4 is 44.0 Å². The number of thiophene rings is 1. The quantitative estimate of drug-likeness (QED) is 0.418. The maximum atomic E-state index is 10.7. The first-order valence-electron chi connectivity index (χ1n) is 12.9. The molecule has 0 saturated carbocycles. The minimum absolute atomic E-state index is 0.0419. The summed E-state index contributed by atoms with van der Waals surface area (Å²) in [7, 11) is 1.75.